The molecule has 0 amide bonds. The molecule has 1 rings (SSSR count). The normalized spacial score (nSPS) is 10.8. The van der Waals surface area contributed by atoms with Gasteiger partial charge < -0.3 is 4.74 Å². The summed E-state index contributed by atoms with van der Waals surface area (Å²) in [6.45, 7) is 3.26. The second-order valence-corrected chi connectivity index (χ2v) is 3.94. The van der Waals surface area contributed by atoms with E-state index in [9.17, 15) is 4.79 Å². The standard InChI is InChI=1S/C9H15BrN2O2/c1-3-4-5-12-9(13)8(10)7(11-12)6-14-2/h11H,3-6H2,1-2H3. The number of rotatable bonds is 5. The van der Waals surface area contributed by atoms with E-state index in [0.717, 1.165) is 25.1 Å². The summed E-state index contributed by atoms with van der Waals surface area (Å²) in [6.07, 6.45) is 2.07. The highest BCUT2D eigenvalue weighted by Crippen LogP contribution is 2.10. The quantitative estimate of drug-likeness (QED) is 0.881. The fraction of sp³-hybridized carbons (Fsp3) is 0.667. The number of ether oxygens (including phenoxy) is 1. The predicted molar refractivity (Wildman–Crippen MR) is 58.4 cm³/mol. The van der Waals surface area contributed by atoms with Crippen LogP contribution in [-0.2, 0) is 17.9 Å². The molecule has 80 valence electrons. The van der Waals surface area contributed by atoms with Crippen LogP contribution in [0.5, 0.6) is 0 Å². The number of nitrogens with one attached hydrogen (secondary N) is 1. The maximum Gasteiger partial charge on any atom is 0.281 e. The van der Waals surface area contributed by atoms with E-state index in [1.165, 1.54) is 0 Å². The van der Waals surface area contributed by atoms with Crippen LogP contribution in [0.25, 0.3) is 0 Å². The van der Waals surface area contributed by atoms with Crippen molar-refractivity contribution in [3.63, 3.8) is 0 Å². The second kappa shape index (κ2) is 5.36. The third kappa shape index (κ3) is 2.48. The molecule has 14 heavy (non-hydrogen) atoms. The number of nitrogens with zero attached hydrogens (tertiary/aromatic N) is 1. The lowest BCUT2D eigenvalue weighted by Gasteiger charge is -1.99. The summed E-state index contributed by atoms with van der Waals surface area (Å²) in [5.41, 5.74) is 0.791. The van der Waals surface area contributed by atoms with E-state index in [-0.39, 0.29) is 5.56 Å². The van der Waals surface area contributed by atoms with Crippen molar-refractivity contribution in [1.82, 2.24) is 9.78 Å². The van der Waals surface area contributed by atoms with Crippen molar-refractivity contribution in [2.24, 2.45) is 0 Å². The van der Waals surface area contributed by atoms with Gasteiger partial charge in [-0.3, -0.25) is 14.6 Å². The second-order valence-electron chi connectivity index (χ2n) is 3.15. The maximum atomic E-state index is 11.6. The largest absolute Gasteiger partial charge is 0.378 e. The summed E-state index contributed by atoms with van der Waals surface area (Å²) in [5, 5.41) is 3.02. The van der Waals surface area contributed by atoms with E-state index in [0.29, 0.717) is 11.1 Å². The van der Waals surface area contributed by atoms with Crippen molar-refractivity contribution in [3.05, 3.63) is 20.5 Å². The van der Waals surface area contributed by atoms with Gasteiger partial charge in [-0.25, -0.2) is 0 Å². The van der Waals surface area contributed by atoms with Crippen LogP contribution in [-0.4, -0.2) is 16.9 Å². The number of H-pyrrole nitrogens is 1. The molecule has 0 aliphatic rings. The van der Waals surface area contributed by atoms with Crippen LogP contribution >= 0.6 is 15.9 Å². The van der Waals surface area contributed by atoms with E-state index >= 15 is 0 Å². The first-order valence-corrected chi connectivity index (χ1v) is 5.46. The van der Waals surface area contributed by atoms with Gasteiger partial charge in [-0.15, -0.1) is 0 Å². The number of aromatic nitrogens is 2. The number of unbranched alkanes of at least 4 members (excludes halogenated alkanes) is 1. The van der Waals surface area contributed by atoms with E-state index in [4.69, 9.17) is 4.74 Å². The summed E-state index contributed by atoms with van der Waals surface area (Å²) in [7, 11) is 1.61. The number of hydrogen-bond donors (Lipinski definition) is 1. The molecular weight excluding hydrogens is 248 g/mol. The molecular formula is C9H15BrN2O2. The van der Waals surface area contributed by atoms with Crippen molar-refractivity contribution < 1.29 is 4.74 Å². The zero-order valence-electron chi connectivity index (χ0n) is 8.47. The van der Waals surface area contributed by atoms with Gasteiger partial charge in [0.05, 0.1) is 12.3 Å². The molecule has 0 aliphatic heterocycles. The Morgan fingerprint density at radius 2 is 2.29 bits per heavy atom. The van der Waals surface area contributed by atoms with Gasteiger partial charge in [0.25, 0.3) is 5.56 Å². The predicted octanol–water partition coefficient (Wildman–Crippen LogP) is 1.89. The average molecular weight is 263 g/mol. The molecule has 0 aromatic carbocycles. The van der Waals surface area contributed by atoms with Crippen molar-refractivity contribution in [1.29, 1.82) is 0 Å². The molecule has 1 aromatic heterocycles. The van der Waals surface area contributed by atoms with Crippen LogP contribution in [0.4, 0.5) is 0 Å². The summed E-state index contributed by atoms with van der Waals surface area (Å²) in [4.78, 5) is 11.6. The molecule has 0 saturated carbocycles. The first kappa shape index (κ1) is 11.5. The third-order valence-corrected chi connectivity index (χ3v) is 2.81. The Morgan fingerprint density at radius 3 is 2.86 bits per heavy atom. The lowest BCUT2D eigenvalue weighted by molar-refractivity contribution is 0.180. The third-order valence-electron chi connectivity index (χ3n) is 1.99. The Kier molecular flexibility index (Phi) is 4.41. The smallest absolute Gasteiger partial charge is 0.281 e. The molecule has 5 heteroatoms. The van der Waals surface area contributed by atoms with Crippen molar-refractivity contribution in [3.8, 4) is 0 Å². The lowest BCUT2D eigenvalue weighted by Crippen LogP contribution is -2.16. The number of halogens is 1. The van der Waals surface area contributed by atoms with Gasteiger partial charge >= 0.3 is 0 Å². The van der Waals surface area contributed by atoms with E-state index in [1.54, 1.807) is 11.8 Å². The summed E-state index contributed by atoms with van der Waals surface area (Å²) >= 11 is 3.25. The van der Waals surface area contributed by atoms with Crippen LogP contribution in [0.2, 0.25) is 0 Å². The lowest BCUT2D eigenvalue weighted by atomic mass is 10.3. The van der Waals surface area contributed by atoms with Gasteiger partial charge in [0.2, 0.25) is 0 Å². The maximum absolute atomic E-state index is 11.6. The topological polar surface area (TPSA) is 47.0 Å². The minimum atomic E-state index is -0.00880. The average Bonchev–Trinajstić information content (AvgIpc) is 2.44. The molecule has 0 unspecified atom stereocenters. The molecule has 0 fully saturated rings. The van der Waals surface area contributed by atoms with Crippen molar-refractivity contribution in [2.45, 2.75) is 32.9 Å². The van der Waals surface area contributed by atoms with E-state index in [2.05, 4.69) is 28.0 Å². The fourth-order valence-electron chi connectivity index (χ4n) is 1.22. The van der Waals surface area contributed by atoms with Crippen LogP contribution in [0.1, 0.15) is 25.5 Å². The zero-order chi connectivity index (χ0) is 10.6. The summed E-state index contributed by atoms with van der Waals surface area (Å²) in [6, 6.07) is 0. The monoisotopic (exact) mass is 262 g/mol. The molecule has 0 atom stereocenters. The Labute approximate surface area is 91.4 Å². The fourth-order valence-corrected chi connectivity index (χ4v) is 1.64. The molecule has 0 radical (unpaired) electrons. The van der Waals surface area contributed by atoms with Gasteiger partial charge in [0, 0.05) is 13.7 Å². The number of aromatic amines is 1. The number of methoxy groups -OCH3 is 1. The minimum absolute atomic E-state index is 0.00880. The van der Waals surface area contributed by atoms with Gasteiger partial charge in [-0.2, -0.15) is 0 Å². The molecule has 4 nitrogen and oxygen atoms in total. The molecule has 1 heterocycles. The van der Waals surface area contributed by atoms with Crippen LogP contribution < -0.4 is 5.56 Å². The first-order chi connectivity index (χ1) is 6.70. The Balaban J connectivity index is 2.85. The van der Waals surface area contributed by atoms with Gasteiger partial charge in [0.15, 0.2) is 0 Å². The Morgan fingerprint density at radius 1 is 1.57 bits per heavy atom. The Bertz CT molecular complexity index is 343. The van der Waals surface area contributed by atoms with Crippen LogP contribution in [0.15, 0.2) is 9.27 Å². The highest BCUT2D eigenvalue weighted by molar-refractivity contribution is 9.10. The Hall–Kier alpha value is -0.550. The van der Waals surface area contributed by atoms with Crippen molar-refractivity contribution >= 4 is 15.9 Å². The van der Waals surface area contributed by atoms with E-state index in [1.807, 2.05) is 0 Å². The first-order valence-electron chi connectivity index (χ1n) is 4.66. The molecule has 0 saturated heterocycles. The van der Waals surface area contributed by atoms with Gasteiger partial charge in [0.1, 0.15) is 4.47 Å². The van der Waals surface area contributed by atoms with Crippen LogP contribution in [0, 0.1) is 0 Å². The minimum Gasteiger partial charge on any atom is -0.378 e. The molecule has 1 N–H and O–H groups in total. The van der Waals surface area contributed by atoms with Crippen molar-refractivity contribution in [2.75, 3.05) is 7.11 Å². The summed E-state index contributed by atoms with van der Waals surface area (Å²) < 4.78 is 7.16. The summed E-state index contributed by atoms with van der Waals surface area (Å²) in [5.74, 6) is 0. The highest BCUT2D eigenvalue weighted by atomic mass is 79.9. The number of hydrogen-bond acceptors (Lipinski definition) is 2. The number of aryl methyl sites for hydroxylation is 1. The van der Waals surface area contributed by atoms with E-state index < -0.39 is 0 Å². The van der Waals surface area contributed by atoms with Gasteiger partial charge in [-0.05, 0) is 22.4 Å². The van der Waals surface area contributed by atoms with Crippen LogP contribution in [0.3, 0.4) is 0 Å². The zero-order valence-corrected chi connectivity index (χ0v) is 10.1. The molecule has 1 aromatic rings. The highest BCUT2D eigenvalue weighted by Gasteiger charge is 2.10. The molecule has 0 spiro atoms. The molecule has 0 bridgehead atoms. The van der Waals surface area contributed by atoms with Gasteiger partial charge in [-0.1, -0.05) is 13.3 Å². The SMILES string of the molecule is CCCCn1[nH]c(COC)c(Br)c1=O. The molecule has 0 aliphatic carbocycles.